The summed E-state index contributed by atoms with van der Waals surface area (Å²) in [6, 6.07) is 0.476. The van der Waals surface area contributed by atoms with Crippen molar-refractivity contribution < 1.29 is 4.79 Å². The summed E-state index contributed by atoms with van der Waals surface area (Å²) >= 11 is 0. The lowest BCUT2D eigenvalue weighted by Crippen LogP contribution is -2.43. The van der Waals surface area contributed by atoms with Crippen molar-refractivity contribution >= 4 is 18.3 Å². The lowest BCUT2D eigenvalue weighted by Gasteiger charge is -2.22. The second kappa shape index (κ2) is 6.22. The van der Waals surface area contributed by atoms with Crippen LogP contribution in [0.15, 0.2) is 0 Å². The maximum Gasteiger partial charge on any atom is 0.231 e. The molecule has 4 N–H and O–H groups in total. The first-order valence-corrected chi connectivity index (χ1v) is 4.01. The molecule has 1 rings (SSSR count). The largest absolute Gasteiger partial charge is 0.369 e. The van der Waals surface area contributed by atoms with E-state index in [1.54, 1.807) is 0 Å². The third-order valence-electron chi connectivity index (χ3n) is 1.90. The molecule has 1 aliphatic rings. The minimum absolute atomic E-state index is 0. The van der Waals surface area contributed by atoms with E-state index in [-0.39, 0.29) is 18.3 Å². The summed E-state index contributed by atoms with van der Waals surface area (Å²) in [6.45, 7) is 2.39. The van der Waals surface area contributed by atoms with Crippen molar-refractivity contribution in [3.05, 3.63) is 0 Å². The number of amides is 1. The molecule has 0 aromatic carbocycles. The minimum atomic E-state index is -0.275. The third-order valence-corrected chi connectivity index (χ3v) is 1.90. The van der Waals surface area contributed by atoms with Gasteiger partial charge in [0.25, 0.3) is 0 Å². The Labute approximate surface area is 78.7 Å². The number of hydrogen-bond acceptors (Lipinski definition) is 3. The topological polar surface area (TPSA) is 67.2 Å². The first-order valence-electron chi connectivity index (χ1n) is 4.01. The van der Waals surface area contributed by atoms with Crippen LogP contribution in [0.3, 0.4) is 0 Å². The quantitative estimate of drug-likeness (QED) is 0.552. The van der Waals surface area contributed by atoms with Gasteiger partial charge in [-0.15, -0.1) is 12.4 Å². The highest BCUT2D eigenvalue weighted by atomic mass is 35.5. The van der Waals surface area contributed by atoms with Crippen molar-refractivity contribution in [2.75, 3.05) is 19.6 Å². The van der Waals surface area contributed by atoms with Crippen LogP contribution in [-0.2, 0) is 4.79 Å². The smallest absolute Gasteiger partial charge is 0.231 e. The van der Waals surface area contributed by atoms with Crippen LogP contribution in [-0.4, -0.2) is 31.6 Å². The molecule has 72 valence electrons. The van der Waals surface area contributed by atoms with Crippen molar-refractivity contribution in [3.63, 3.8) is 0 Å². The van der Waals surface area contributed by atoms with E-state index in [1.807, 2.05) is 0 Å². The zero-order valence-corrected chi connectivity index (χ0v) is 7.82. The maximum atomic E-state index is 10.4. The average Bonchev–Trinajstić information content (AvgIpc) is 2.03. The summed E-state index contributed by atoms with van der Waals surface area (Å²) in [4.78, 5) is 10.4. The molecule has 1 amide bonds. The molecule has 0 bridgehead atoms. The van der Waals surface area contributed by atoms with Crippen LogP contribution in [0.2, 0.25) is 0 Å². The first kappa shape index (κ1) is 11.7. The summed E-state index contributed by atoms with van der Waals surface area (Å²) in [5.74, 6) is -0.275. The molecule has 0 aromatic heterocycles. The number of piperidine rings is 1. The Morgan fingerprint density at radius 1 is 1.50 bits per heavy atom. The summed E-state index contributed by atoms with van der Waals surface area (Å²) < 4.78 is 0. The fraction of sp³-hybridized carbons (Fsp3) is 0.857. The van der Waals surface area contributed by atoms with Crippen molar-refractivity contribution in [2.24, 2.45) is 5.73 Å². The van der Waals surface area contributed by atoms with Gasteiger partial charge in [0.1, 0.15) is 0 Å². The first-order chi connectivity index (χ1) is 5.29. The number of nitrogens with one attached hydrogen (secondary N) is 2. The Morgan fingerprint density at radius 3 is 2.58 bits per heavy atom. The van der Waals surface area contributed by atoms with Crippen LogP contribution in [0.25, 0.3) is 0 Å². The van der Waals surface area contributed by atoms with Crippen LogP contribution in [0, 0.1) is 0 Å². The average molecular weight is 194 g/mol. The van der Waals surface area contributed by atoms with E-state index >= 15 is 0 Å². The molecule has 1 aliphatic heterocycles. The predicted molar refractivity (Wildman–Crippen MR) is 50.3 cm³/mol. The fourth-order valence-electron chi connectivity index (χ4n) is 1.27. The van der Waals surface area contributed by atoms with E-state index in [9.17, 15) is 4.79 Å². The van der Waals surface area contributed by atoms with Gasteiger partial charge in [0.05, 0.1) is 6.54 Å². The molecule has 1 fully saturated rings. The Bertz CT molecular complexity index is 137. The number of carbonyl (C=O) groups is 1. The number of nitrogens with two attached hydrogens (primary N) is 1. The van der Waals surface area contributed by atoms with Crippen LogP contribution in [0.4, 0.5) is 0 Å². The minimum Gasteiger partial charge on any atom is -0.369 e. The van der Waals surface area contributed by atoms with E-state index in [2.05, 4.69) is 10.6 Å². The van der Waals surface area contributed by atoms with Crippen molar-refractivity contribution in [1.82, 2.24) is 10.6 Å². The molecule has 0 spiro atoms. The second-order valence-electron chi connectivity index (χ2n) is 2.87. The molecule has 12 heavy (non-hydrogen) atoms. The van der Waals surface area contributed by atoms with Gasteiger partial charge in [-0.25, -0.2) is 0 Å². The van der Waals surface area contributed by atoms with Gasteiger partial charge >= 0.3 is 0 Å². The molecular formula is C7H16ClN3O. The van der Waals surface area contributed by atoms with E-state index in [1.165, 1.54) is 0 Å². The molecular weight excluding hydrogens is 178 g/mol. The zero-order chi connectivity index (χ0) is 8.10. The molecule has 0 saturated carbocycles. The van der Waals surface area contributed by atoms with Crippen molar-refractivity contribution in [3.8, 4) is 0 Å². The molecule has 1 heterocycles. The maximum absolute atomic E-state index is 10.4. The SMILES string of the molecule is Cl.NC(=O)CNC1CCNCC1. The number of primary amides is 1. The van der Waals surface area contributed by atoms with Gasteiger partial charge in [-0.3, -0.25) is 4.79 Å². The molecule has 0 aliphatic carbocycles. The molecule has 0 unspecified atom stereocenters. The van der Waals surface area contributed by atoms with Gasteiger partial charge in [0.15, 0.2) is 0 Å². The Morgan fingerprint density at radius 2 is 2.08 bits per heavy atom. The number of carbonyl (C=O) groups excluding carboxylic acids is 1. The third kappa shape index (κ3) is 4.54. The van der Waals surface area contributed by atoms with Gasteiger partial charge in [0, 0.05) is 6.04 Å². The van der Waals surface area contributed by atoms with Crippen LogP contribution in [0.1, 0.15) is 12.8 Å². The number of hydrogen-bond donors (Lipinski definition) is 3. The van der Waals surface area contributed by atoms with Gasteiger partial charge in [-0.1, -0.05) is 0 Å². The molecule has 1 saturated heterocycles. The Balaban J connectivity index is 0.00000121. The normalized spacial score (nSPS) is 18.3. The summed E-state index contributed by atoms with van der Waals surface area (Å²) in [5, 5.41) is 6.35. The van der Waals surface area contributed by atoms with Gasteiger partial charge in [-0.2, -0.15) is 0 Å². The highest BCUT2D eigenvalue weighted by molar-refractivity contribution is 5.85. The fourth-order valence-corrected chi connectivity index (χ4v) is 1.27. The van der Waals surface area contributed by atoms with Crippen molar-refractivity contribution in [1.29, 1.82) is 0 Å². The molecule has 5 heteroatoms. The number of rotatable bonds is 3. The van der Waals surface area contributed by atoms with E-state index in [0.29, 0.717) is 12.6 Å². The second-order valence-corrected chi connectivity index (χ2v) is 2.87. The van der Waals surface area contributed by atoms with Crippen LogP contribution >= 0.6 is 12.4 Å². The monoisotopic (exact) mass is 193 g/mol. The van der Waals surface area contributed by atoms with Gasteiger partial charge in [0.2, 0.25) is 5.91 Å². The van der Waals surface area contributed by atoms with E-state index < -0.39 is 0 Å². The van der Waals surface area contributed by atoms with Crippen molar-refractivity contribution in [2.45, 2.75) is 18.9 Å². The highest BCUT2D eigenvalue weighted by Crippen LogP contribution is 2.00. The zero-order valence-electron chi connectivity index (χ0n) is 7.01. The van der Waals surface area contributed by atoms with E-state index in [4.69, 9.17) is 5.73 Å². The highest BCUT2D eigenvalue weighted by Gasteiger charge is 2.11. The van der Waals surface area contributed by atoms with E-state index in [0.717, 1.165) is 25.9 Å². The van der Waals surface area contributed by atoms with Crippen LogP contribution < -0.4 is 16.4 Å². The molecule has 0 atom stereocenters. The summed E-state index contributed by atoms with van der Waals surface area (Å²) in [5.41, 5.74) is 4.99. The molecule has 4 nitrogen and oxygen atoms in total. The lowest BCUT2D eigenvalue weighted by atomic mass is 10.1. The van der Waals surface area contributed by atoms with Gasteiger partial charge < -0.3 is 16.4 Å². The Kier molecular flexibility index (Phi) is 6.06. The van der Waals surface area contributed by atoms with Gasteiger partial charge in [-0.05, 0) is 25.9 Å². The summed E-state index contributed by atoms with van der Waals surface area (Å²) in [7, 11) is 0. The predicted octanol–water partition coefficient (Wildman–Crippen LogP) is -0.765. The van der Waals surface area contributed by atoms with Crippen LogP contribution in [0.5, 0.6) is 0 Å². The standard InChI is InChI=1S/C7H15N3O.ClH/c8-7(11)5-10-6-1-3-9-4-2-6;/h6,9-10H,1-5H2,(H2,8,11);1H. The molecule has 0 radical (unpaired) electrons. The Hall–Kier alpha value is -0.320. The lowest BCUT2D eigenvalue weighted by molar-refractivity contribution is -0.117. The summed E-state index contributed by atoms with van der Waals surface area (Å²) in [6.07, 6.45) is 2.18. The molecule has 0 aromatic rings. The number of halogens is 1.